The van der Waals surface area contributed by atoms with E-state index in [2.05, 4.69) is 43.0 Å². The van der Waals surface area contributed by atoms with E-state index >= 15 is 0 Å². The molecule has 0 bridgehead atoms. The number of benzene rings is 2. The predicted octanol–water partition coefficient (Wildman–Crippen LogP) is 2.68. The second-order valence-corrected chi connectivity index (χ2v) is 7.39. The zero-order valence-corrected chi connectivity index (χ0v) is 19.2. The van der Waals surface area contributed by atoms with Crippen LogP contribution in [0.4, 0.5) is 22.2 Å². The largest absolute Gasteiger partial charge is 0.378 e. The molecule has 0 saturated heterocycles. The summed E-state index contributed by atoms with van der Waals surface area (Å²) in [6, 6.07) is 16.5. The van der Waals surface area contributed by atoms with Crippen LogP contribution in [0.25, 0.3) is 0 Å². The Morgan fingerprint density at radius 3 is 1.97 bits per heavy atom. The smallest absolute Gasteiger partial charge is 0.229 e. The van der Waals surface area contributed by atoms with Crippen LogP contribution in [0.5, 0.6) is 0 Å². The lowest BCUT2D eigenvalue weighted by atomic mass is 10.1. The highest BCUT2D eigenvalue weighted by Gasteiger charge is 2.07. The average Bonchev–Trinajstić information content (AvgIpc) is 2.86. The van der Waals surface area contributed by atoms with Gasteiger partial charge in [-0.2, -0.15) is 15.0 Å². The number of aromatic nitrogens is 3. The van der Waals surface area contributed by atoms with Crippen molar-refractivity contribution in [2.24, 2.45) is 5.73 Å². The highest BCUT2D eigenvalue weighted by molar-refractivity contribution is 5.42. The highest BCUT2D eigenvalue weighted by atomic mass is 19.1. The quantitative estimate of drug-likeness (QED) is 0.235. The van der Waals surface area contributed by atoms with E-state index in [4.69, 9.17) is 15.2 Å². The summed E-state index contributed by atoms with van der Waals surface area (Å²) in [6.07, 6.45) is 0.841. The Labute approximate surface area is 199 Å². The number of nitrogens with one attached hydrogen (secondary N) is 3. The van der Waals surface area contributed by atoms with Crippen molar-refractivity contribution in [3.63, 3.8) is 0 Å². The molecule has 0 spiro atoms. The highest BCUT2D eigenvalue weighted by Crippen LogP contribution is 2.12. The van der Waals surface area contributed by atoms with Crippen molar-refractivity contribution in [1.29, 1.82) is 0 Å². The second kappa shape index (κ2) is 14.7. The second-order valence-electron chi connectivity index (χ2n) is 7.39. The van der Waals surface area contributed by atoms with E-state index in [0.29, 0.717) is 70.5 Å². The van der Waals surface area contributed by atoms with Gasteiger partial charge in [0, 0.05) is 26.2 Å². The molecule has 9 nitrogen and oxygen atoms in total. The van der Waals surface area contributed by atoms with Gasteiger partial charge in [0.15, 0.2) is 0 Å². The monoisotopic (exact) mass is 469 g/mol. The third kappa shape index (κ3) is 9.65. The molecule has 1 aromatic heterocycles. The number of halogens is 1. The van der Waals surface area contributed by atoms with Crippen LogP contribution in [-0.4, -0.2) is 61.0 Å². The standard InChI is InChI=1S/C24H32FN7O2/c25-21-8-6-20(7-9-21)18-29-24-31-22(27-12-10-19-4-2-1-3-5-19)30-23(32-24)28-13-15-34-17-16-33-14-11-26/h1-9H,10-18,26H2,(H3,27,28,29,30,31,32). The molecule has 2 aromatic carbocycles. The third-order valence-corrected chi connectivity index (χ3v) is 4.70. The molecule has 3 rings (SSSR count). The molecule has 0 amide bonds. The summed E-state index contributed by atoms with van der Waals surface area (Å²) in [5, 5.41) is 9.60. The van der Waals surface area contributed by atoms with E-state index in [1.165, 1.54) is 17.7 Å². The normalized spacial score (nSPS) is 10.8. The number of hydrogen-bond donors (Lipinski definition) is 4. The Hall–Kier alpha value is -3.34. The topological polar surface area (TPSA) is 119 Å². The van der Waals surface area contributed by atoms with Crippen LogP contribution in [0.1, 0.15) is 11.1 Å². The van der Waals surface area contributed by atoms with Crippen LogP contribution in [0.2, 0.25) is 0 Å². The van der Waals surface area contributed by atoms with Crippen molar-refractivity contribution in [2.75, 3.05) is 62.0 Å². The van der Waals surface area contributed by atoms with Crippen molar-refractivity contribution in [2.45, 2.75) is 13.0 Å². The molecule has 0 aliphatic carbocycles. The van der Waals surface area contributed by atoms with Crippen LogP contribution >= 0.6 is 0 Å². The Morgan fingerprint density at radius 1 is 0.676 bits per heavy atom. The summed E-state index contributed by atoms with van der Waals surface area (Å²) in [5.74, 6) is 1.04. The molecule has 34 heavy (non-hydrogen) atoms. The number of anilines is 3. The molecular weight excluding hydrogens is 437 g/mol. The molecule has 182 valence electrons. The first-order valence-corrected chi connectivity index (χ1v) is 11.3. The third-order valence-electron chi connectivity index (χ3n) is 4.70. The Balaban J connectivity index is 1.54. The zero-order valence-electron chi connectivity index (χ0n) is 19.2. The summed E-state index contributed by atoms with van der Waals surface area (Å²) in [4.78, 5) is 13.4. The van der Waals surface area contributed by atoms with Crippen molar-refractivity contribution in [3.05, 3.63) is 71.5 Å². The van der Waals surface area contributed by atoms with Crippen molar-refractivity contribution in [1.82, 2.24) is 15.0 Å². The van der Waals surface area contributed by atoms with Gasteiger partial charge < -0.3 is 31.2 Å². The molecule has 0 unspecified atom stereocenters. The van der Waals surface area contributed by atoms with Gasteiger partial charge in [0.25, 0.3) is 0 Å². The summed E-state index contributed by atoms with van der Waals surface area (Å²) in [7, 11) is 0. The lowest BCUT2D eigenvalue weighted by Crippen LogP contribution is -2.17. The molecule has 0 aliphatic heterocycles. The Morgan fingerprint density at radius 2 is 1.29 bits per heavy atom. The average molecular weight is 470 g/mol. The Bertz CT molecular complexity index is 961. The summed E-state index contributed by atoms with van der Waals surface area (Å²) in [6.45, 7) is 4.18. The van der Waals surface area contributed by atoms with Crippen LogP contribution in [0, 0.1) is 5.82 Å². The van der Waals surface area contributed by atoms with Crippen molar-refractivity contribution in [3.8, 4) is 0 Å². The van der Waals surface area contributed by atoms with E-state index in [1.807, 2.05) is 18.2 Å². The van der Waals surface area contributed by atoms with Gasteiger partial charge in [-0.05, 0) is 29.7 Å². The minimum Gasteiger partial charge on any atom is -0.378 e. The lowest BCUT2D eigenvalue weighted by molar-refractivity contribution is 0.0547. The van der Waals surface area contributed by atoms with Gasteiger partial charge >= 0.3 is 0 Å². The molecule has 0 atom stereocenters. The lowest BCUT2D eigenvalue weighted by Gasteiger charge is -2.12. The van der Waals surface area contributed by atoms with Gasteiger partial charge in [-0.3, -0.25) is 0 Å². The first kappa shape index (κ1) is 25.3. The van der Waals surface area contributed by atoms with E-state index in [-0.39, 0.29) is 5.82 Å². The minimum absolute atomic E-state index is 0.270. The maximum atomic E-state index is 13.2. The number of nitrogens with two attached hydrogens (primary N) is 1. The van der Waals surface area contributed by atoms with Gasteiger partial charge in [0.2, 0.25) is 17.8 Å². The first-order valence-electron chi connectivity index (χ1n) is 11.3. The van der Waals surface area contributed by atoms with Crippen LogP contribution in [0.3, 0.4) is 0 Å². The molecule has 5 N–H and O–H groups in total. The van der Waals surface area contributed by atoms with E-state index < -0.39 is 0 Å². The molecule has 3 aromatic rings. The summed E-state index contributed by atoms with van der Waals surface area (Å²) >= 11 is 0. The molecular formula is C24H32FN7O2. The number of hydrogen-bond acceptors (Lipinski definition) is 9. The molecule has 0 radical (unpaired) electrons. The summed E-state index contributed by atoms with van der Waals surface area (Å²) in [5.41, 5.74) is 7.52. The van der Waals surface area contributed by atoms with Gasteiger partial charge in [0.05, 0.1) is 26.4 Å². The fourth-order valence-corrected chi connectivity index (χ4v) is 3.00. The molecule has 0 aliphatic rings. The summed E-state index contributed by atoms with van der Waals surface area (Å²) < 4.78 is 24.0. The Kier molecular flexibility index (Phi) is 11.0. The van der Waals surface area contributed by atoms with Crippen LogP contribution < -0.4 is 21.7 Å². The van der Waals surface area contributed by atoms with Gasteiger partial charge in [-0.1, -0.05) is 42.5 Å². The maximum Gasteiger partial charge on any atom is 0.229 e. The fourth-order valence-electron chi connectivity index (χ4n) is 3.00. The molecule has 0 fully saturated rings. The van der Waals surface area contributed by atoms with E-state index in [9.17, 15) is 4.39 Å². The van der Waals surface area contributed by atoms with Gasteiger partial charge in [-0.25, -0.2) is 4.39 Å². The fraction of sp³-hybridized carbons (Fsp3) is 0.375. The number of ether oxygens (including phenoxy) is 2. The minimum atomic E-state index is -0.270. The zero-order chi connectivity index (χ0) is 23.8. The number of nitrogens with zero attached hydrogens (tertiary/aromatic N) is 3. The van der Waals surface area contributed by atoms with E-state index in [0.717, 1.165) is 12.0 Å². The van der Waals surface area contributed by atoms with Gasteiger partial charge in [0.1, 0.15) is 5.82 Å². The first-order chi connectivity index (χ1) is 16.7. The van der Waals surface area contributed by atoms with Gasteiger partial charge in [-0.15, -0.1) is 0 Å². The van der Waals surface area contributed by atoms with E-state index in [1.54, 1.807) is 12.1 Å². The van der Waals surface area contributed by atoms with Crippen LogP contribution in [0.15, 0.2) is 54.6 Å². The number of rotatable bonds is 16. The van der Waals surface area contributed by atoms with Crippen molar-refractivity contribution < 1.29 is 13.9 Å². The van der Waals surface area contributed by atoms with Crippen molar-refractivity contribution >= 4 is 17.8 Å². The SMILES string of the molecule is NCCOCCOCCNc1nc(NCCc2ccccc2)nc(NCc2ccc(F)cc2)n1. The predicted molar refractivity (Wildman–Crippen MR) is 131 cm³/mol. The van der Waals surface area contributed by atoms with Crippen LogP contribution in [-0.2, 0) is 22.4 Å². The maximum absolute atomic E-state index is 13.2. The molecule has 10 heteroatoms. The molecule has 1 heterocycles. The molecule has 0 saturated carbocycles.